The molecule has 7 N–H and O–H groups in total. The van der Waals surface area contributed by atoms with Crippen LogP contribution in [0.15, 0.2) is 24.3 Å². The van der Waals surface area contributed by atoms with Crippen LogP contribution in [-0.4, -0.2) is 110 Å². The van der Waals surface area contributed by atoms with Crippen molar-refractivity contribution in [3.63, 3.8) is 0 Å². The van der Waals surface area contributed by atoms with Gasteiger partial charge in [-0.2, -0.15) is 0 Å². The van der Waals surface area contributed by atoms with E-state index in [4.69, 9.17) is 28.5 Å². The highest BCUT2D eigenvalue weighted by Gasteiger charge is 2.35. The molecule has 0 bridgehead atoms. The van der Waals surface area contributed by atoms with Crippen LogP contribution >= 0.6 is 15.6 Å². The van der Waals surface area contributed by atoms with Gasteiger partial charge in [-0.25, -0.2) is 9.13 Å². The Labute approximate surface area is 350 Å². The van der Waals surface area contributed by atoms with Gasteiger partial charge in [0.2, 0.25) is 0 Å². The molecule has 346 valence electrons. The molecule has 0 amide bonds. The summed E-state index contributed by atoms with van der Waals surface area (Å²) >= 11 is 0. The van der Waals surface area contributed by atoms with Crippen LogP contribution in [0.1, 0.15) is 143 Å². The average Bonchev–Trinajstić information content (AvgIpc) is 3.15. The summed E-state index contributed by atoms with van der Waals surface area (Å²) in [4.78, 5) is 52.8. The van der Waals surface area contributed by atoms with E-state index < -0.39 is 90.8 Å². The van der Waals surface area contributed by atoms with Crippen LogP contribution in [0.3, 0.4) is 0 Å². The molecule has 0 aromatic carbocycles. The number of ether oxygens (including phenoxy) is 3. The van der Waals surface area contributed by atoms with E-state index in [2.05, 4.69) is 29.8 Å². The van der Waals surface area contributed by atoms with Gasteiger partial charge in [-0.05, 0) is 38.0 Å². The van der Waals surface area contributed by atoms with Crippen molar-refractivity contribution in [2.45, 2.75) is 180 Å². The molecule has 19 heteroatoms. The molecular formula is C40H74O17P2. The maximum Gasteiger partial charge on any atom is 0.472 e. The van der Waals surface area contributed by atoms with Crippen molar-refractivity contribution in [2.24, 2.45) is 11.8 Å². The molecule has 0 aromatic heterocycles. The van der Waals surface area contributed by atoms with Crippen LogP contribution in [0.5, 0.6) is 0 Å². The molecule has 0 spiro atoms. The molecule has 2 unspecified atom stereocenters. The van der Waals surface area contributed by atoms with Crippen molar-refractivity contribution in [3.05, 3.63) is 24.3 Å². The van der Waals surface area contributed by atoms with Crippen LogP contribution in [0.4, 0.5) is 0 Å². The second-order valence-corrected chi connectivity index (χ2v) is 18.3. The standard InChI is InChI=1S/C40H74O17P2/c1-4-5-14-20-32(41)24-25-37-35(36(43)26-40(46)57-37)21-16-12-13-18-23-39(45)56-34(30-55-59(50,51)54-28-33(42)27-53-58(47,48)49)29-52-38(44)22-17-11-9-7-6-8-10-15-19-31(2)3/h12,16,24-25,31-37,40-43,46H,4-11,13-15,17-23,26-30H2,1-3H3,(H,50,51)(H2,47,48,49)/b16-12-,25-24+/t32-,33-,34+,35-,36-,37+,40?/m0/s1. The number of carbonyl (C=O) groups is 2. The van der Waals surface area contributed by atoms with Crippen LogP contribution in [-0.2, 0) is 46.5 Å². The van der Waals surface area contributed by atoms with Gasteiger partial charge < -0.3 is 49.3 Å². The van der Waals surface area contributed by atoms with Crippen LogP contribution < -0.4 is 0 Å². The Bertz CT molecular complexity index is 1270. The molecule has 1 saturated heterocycles. The van der Waals surface area contributed by atoms with Gasteiger partial charge in [0.15, 0.2) is 12.4 Å². The van der Waals surface area contributed by atoms with Gasteiger partial charge in [0, 0.05) is 25.2 Å². The van der Waals surface area contributed by atoms with E-state index in [0.29, 0.717) is 32.1 Å². The molecule has 1 heterocycles. The van der Waals surface area contributed by atoms with Gasteiger partial charge in [0.25, 0.3) is 0 Å². The quantitative estimate of drug-likeness (QED) is 0.0159. The Kier molecular flexibility index (Phi) is 30.2. The van der Waals surface area contributed by atoms with Gasteiger partial charge >= 0.3 is 27.6 Å². The minimum absolute atomic E-state index is 0.0565. The van der Waals surface area contributed by atoms with Crippen molar-refractivity contribution in [1.82, 2.24) is 0 Å². The highest BCUT2D eigenvalue weighted by Crippen LogP contribution is 2.44. The first kappa shape index (κ1) is 55.5. The Hall–Kier alpha value is -1.56. The van der Waals surface area contributed by atoms with Gasteiger partial charge in [-0.15, -0.1) is 0 Å². The van der Waals surface area contributed by atoms with Crippen molar-refractivity contribution in [2.75, 3.05) is 26.4 Å². The number of hydrogen-bond acceptors (Lipinski definition) is 14. The second-order valence-electron chi connectivity index (χ2n) is 15.6. The van der Waals surface area contributed by atoms with Crippen LogP contribution in [0, 0.1) is 11.8 Å². The largest absolute Gasteiger partial charge is 0.472 e. The molecule has 59 heavy (non-hydrogen) atoms. The molecule has 0 aliphatic carbocycles. The Balaban J connectivity index is 2.64. The highest BCUT2D eigenvalue weighted by molar-refractivity contribution is 7.47. The first-order valence-electron chi connectivity index (χ1n) is 21.3. The van der Waals surface area contributed by atoms with Crippen molar-refractivity contribution >= 4 is 27.6 Å². The number of esters is 2. The number of phosphoric ester groups is 2. The number of rotatable bonds is 35. The lowest BCUT2D eigenvalue weighted by atomic mass is 9.87. The number of aliphatic hydroxyl groups excluding tert-OH is 4. The first-order chi connectivity index (χ1) is 27.9. The molecule has 0 aromatic rings. The number of allylic oxidation sites excluding steroid dienone is 2. The number of phosphoric acid groups is 2. The fourth-order valence-corrected chi connectivity index (χ4v) is 7.37. The third-order valence-corrected chi connectivity index (χ3v) is 11.0. The van der Waals surface area contributed by atoms with E-state index in [9.17, 15) is 44.0 Å². The molecule has 1 rings (SSSR count). The lowest BCUT2D eigenvalue weighted by Crippen LogP contribution is -2.43. The molecule has 1 aliphatic rings. The van der Waals surface area contributed by atoms with Gasteiger partial charge in [-0.3, -0.25) is 23.2 Å². The van der Waals surface area contributed by atoms with E-state index in [1.54, 1.807) is 12.2 Å². The van der Waals surface area contributed by atoms with E-state index in [-0.39, 0.29) is 25.2 Å². The summed E-state index contributed by atoms with van der Waals surface area (Å²) in [6.07, 6.45) is 15.3. The van der Waals surface area contributed by atoms with E-state index in [1.807, 2.05) is 12.2 Å². The molecule has 17 nitrogen and oxygen atoms in total. The summed E-state index contributed by atoms with van der Waals surface area (Å²) < 4.78 is 53.3. The van der Waals surface area contributed by atoms with Crippen molar-refractivity contribution in [3.8, 4) is 0 Å². The fraction of sp³-hybridized carbons (Fsp3) is 0.850. The number of unbranched alkanes of at least 4 members (excludes halogenated alkanes) is 10. The monoisotopic (exact) mass is 888 g/mol. The predicted octanol–water partition coefficient (Wildman–Crippen LogP) is 6.30. The van der Waals surface area contributed by atoms with E-state index >= 15 is 0 Å². The normalized spacial score (nSPS) is 21.5. The zero-order chi connectivity index (χ0) is 44.1. The minimum atomic E-state index is -4.90. The van der Waals surface area contributed by atoms with Gasteiger partial charge in [0.1, 0.15) is 12.7 Å². The third kappa shape index (κ3) is 31.0. The van der Waals surface area contributed by atoms with Crippen LogP contribution in [0.25, 0.3) is 0 Å². The molecule has 1 aliphatic heterocycles. The Morgan fingerprint density at radius 3 is 2.03 bits per heavy atom. The summed E-state index contributed by atoms with van der Waals surface area (Å²) in [6.45, 7) is 3.57. The molecule has 0 saturated carbocycles. The Morgan fingerprint density at radius 1 is 0.763 bits per heavy atom. The first-order valence-corrected chi connectivity index (χ1v) is 24.3. The highest BCUT2D eigenvalue weighted by atomic mass is 31.2. The maximum atomic E-state index is 12.8. The summed E-state index contributed by atoms with van der Waals surface area (Å²) in [7, 11) is -9.78. The SMILES string of the molecule is CCCCC[C@H](O)/C=C/[C@H]1OC(O)C[C@H](O)[C@@H]1C/C=C\CCCC(=O)O[C@H](COC(=O)CCCCCCCCCCC(C)C)COP(=O)(O)OC[C@@H](O)COP(=O)(O)O. The lowest BCUT2D eigenvalue weighted by molar-refractivity contribution is -0.199. The lowest BCUT2D eigenvalue weighted by Gasteiger charge is -2.36. The summed E-state index contributed by atoms with van der Waals surface area (Å²) in [6, 6.07) is 0. The topological polar surface area (TPSA) is 265 Å². The van der Waals surface area contributed by atoms with Crippen molar-refractivity contribution < 1.29 is 81.6 Å². The number of hydrogen-bond donors (Lipinski definition) is 7. The second kappa shape index (κ2) is 32.2. The van der Waals surface area contributed by atoms with E-state index in [0.717, 1.165) is 50.9 Å². The maximum absolute atomic E-state index is 12.8. The summed E-state index contributed by atoms with van der Waals surface area (Å²) in [5.41, 5.74) is 0. The zero-order valence-electron chi connectivity index (χ0n) is 35.3. The van der Waals surface area contributed by atoms with Crippen LogP contribution in [0.2, 0.25) is 0 Å². The third-order valence-electron chi connectivity index (χ3n) is 9.56. The molecule has 8 atom stereocenters. The molecular weight excluding hydrogens is 814 g/mol. The summed E-state index contributed by atoms with van der Waals surface area (Å²) in [5, 5.41) is 40.7. The number of carbonyl (C=O) groups excluding carboxylic acids is 2. The Morgan fingerprint density at radius 2 is 1.37 bits per heavy atom. The van der Waals surface area contributed by atoms with Gasteiger partial charge in [-0.1, -0.05) is 116 Å². The predicted molar refractivity (Wildman–Crippen MR) is 219 cm³/mol. The minimum Gasteiger partial charge on any atom is -0.462 e. The summed E-state index contributed by atoms with van der Waals surface area (Å²) in [5.74, 6) is -0.872. The van der Waals surface area contributed by atoms with E-state index in [1.165, 1.54) is 25.7 Å². The molecule has 0 radical (unpaired) electrons. The molecule has 1 fully saturated rings. The average molecular weight is 889 g/mol. The zero-order valence-corrected chi connectivity index (χ0v) is 37.1. The van der Waals surface area contributed by atoms with Crippen molar-refractivity contribution in [1.29, 1.82) is 0 Å². The fourth-order valence-electron chi connectivity index (χ4n) is 6.22. The van der Waals surface area contributed by atoms with Gasteiger partial charge in [0.05, 0.1) is 38.1 Å². The smallest absolute Gasteiger partial charge is 0.462 e. The number of aliphatic hydroxyl groups is 4.